The van der Waals surface area contributed by atoms with Crippen molar-refractivity contribution in [3.05, 3.63) is 28.2 Å². The summed E-state index contributed by atoms with van der Waals surface area (Å²) < 4.78 is 2.04. The highest BCUT2D eigenvalue weighted by Crippen LogP contribution is 2.19. The molecular formula is C20H34N6S+2. The normalized spacial score (nSPS) is 25.3. The van der Waals surface area contributed by atoms with E-state index >= 15 is 0 Å². The average Bonchev–Trinajstić information content (AvgIpc) is 3.43. The summed E-state index contributed by atoms with van der Waals surface area (Å²) in [5.74, 6) is 1.73. The predicted molar refractivity (Wildman–Crippen MR) is 107 cm³/mol. The average molecular weight is 391 g/mol. The van der Waals surface area contributed by atoms with Crippen LogP contribution in [0, 0.1) is 5.92 Å². The maximum atomic E-state index is 4.50. The van der Waals surface area contributed by atoms with Crippen LogP contribution in [0.2, 0.25) is 0 Å². The van der Waals surface area contributed by atoms with Gasteiger partial charge in [-0.05, 0) is 53.5 Å². The number of nitrogens with zero attached hydrogens (tertiary/aromatic N) is 4. The van der Waals surface area contributed by atoms with Crippen molar-refractivity contribution in [3.8, 4) is 0 Å². The van der Waals surface area contributed by atoms with Gasteiger partial charge in [0.15, 0.2) is 6.04 Å². The number of aromatic nitrogens is 4. The minimum Gasteiger partial charge on any atom is -0.323 e. The van der Waals surface area contributed by atoms with Crippen LogP contribution in [0.4, 0.5) is 0 Å². The lowest BCUT2D eigenvalue weighted by atomic mass is 10.0. The number of hydrogen-bond acceptors (Lipinski definition) is 4. The van der Waals surface area contributed by atoms with Crippen LogP contribution in [0.15, 0.2) is 17.5 Å². The van der Waals surface area contributed by atoms with Crippen LogP contribution in [-0.2, 0) is 6.54 Å². The summed E-state index contributed by atoms with van der Waals surface area (Å²) in [6, 6.07) is 5.61. The molecule has 2 aliphatic rings. The minimum absolute atomic E-state index is 0.407. The number of tetrazole rings is 1. The molecule has 0 radical (unpaired) electrons. The van der Waals surface area contributed by atoms with Gasteiger partial charge in [0, 0.05) is 11.3 Å². The molecule has 1 saturated carbocycles. The van der Waals surface area contributed by atoms with Gasteiger partial charge in [-0.1, -0.05) is 19.9 Å². The van der Waals surface area contributed by atoms with Gasteiger partial charge in [-0.25, -0.2) is 4.68 Å². The summed E-state index contributed by atoms with van der Waals surface area (Å²) in [5, 5.41) is 15.0. The fourth-order valence-corrected chi connectivity index (χ4v) is 5.72. The number of quaternary nitrogens is 2. The van der Waals surface area contributed by atoms with Crippen LogP contribution in [0.3, 0.4) is 0 Å². The van der Waals surface area contributed by atoms with E-state index in [4.69, 9.17) is 0 Å². The first-order chi connectivity index (χ1) is 13.2. The Hall–Kier alpha value is -1.31. The zero-order chi connectivity index (χ0) is 18.6. The molecule has 0 spiro atoms. The van der Waals surface area contributed by atoms with Crippen molar-refractivity contribution in [1.82, 2.24) is 20.2 Å². The first kappa shape index (κ1) is 19.0. The molecule has 1 saturated heterocycles. The van der Waals surface area contributed by atoms with Gasteiger partial charge in [-0.3, -0.25) is 0 Å². The summed E-state index contributed by atoms with van der Waals surface area (Å²) >= 11 is 1.78. The summed E-state index contributed by atoms with van der Waals surface area (Å²) in [6.07, 6.45) is 6.92. The predicted octanol–water partition coefficient (Wildman–Crippen LogP) is 0.596. The standard InChI is InChI=1S/C20H32N6S/c1-16(2)14-19(20-21-22-23-26(20)15-18-8-5-13-27-18)25-11-9-24(10-12-25)17-6-3-4-7-17/h5,8,13,16-17,19H,3-4,6-7,9-12,14-15H2,1-2H3/p+2/t19-/m0/s1. The molecule has 1 aliphatic carbocycles. The van der Waals surface area contributed by atoms with Gasteiger partial charge < -0.3 is 9.80 Å². The van der Waals surface area contributed by atoms with Gasteiger partial charge in [0.05, 0.1) is 12.6 Å². The summed E-state index contributed by atoms with van der Waals surface area (Å²) in [7, 11) is 0. The summed E-state index contributed by atoms with van der Waals surface area (Å²) in [4.78, 5) is 4.86. The highest BCUT2D eigenvalue weighted by Gasteiger charge is 2.37. The van der Waals surface area contributed by atoms with E-state index in [1.54, 1.807) is 16.2 Å². The molecule has 2 fully saturated rings. The van der Waals surface area contributed by atoms with Crippen molar-refractivity contribution in [2.75, 3.05) is 26.2 Å². The van der Waals surface area contributed by atoms with Gasteiger partial charge in [0.1, 0.15) is 26.2 Å². The van der Waals surface area contributed by atoms with E-state index in [-0.39, 0.29) is 0 Å². The van der Waals surface area contributed by atoms with Gasteiger partial charge in [0.25, 0.3) is 0 Å². The number of rotatable bonds is 7. The maximum Gasteiger partial charge on any atom is 0.209 e. The minimum atomic E-state index is 0.407. The van der Waals surface area contributed by atoms with Gasteiger partial charge in [-0.15, -0.1) is 16.4 Å². The molecule has 4 rings (SSSR count). The Balaban J connectivity index is 1.46. The zero-order valence-electron chi connectivity index (χ0n) is 16.7. The molecule has 2 aromatic rings. The van der Waals surface area contributed by atoms with Crippen molar-refractivity contribution in [2.45, 2.75) is 64.6 Å². The lowest BCUT2D eigenvalue weighted by Crippen LogP contribution is -3.29. The van der Waals surface area contributed by atoms with E-state index in [2.05, 4.69) is 46.9 Å². The van der Waals surface area contributed by atoms with Crippen molar-refractivity contribution in [2.24, 2.45) is 5.92 Å². The lowest BCUT2D eigenvalue weighted by molar-refractivity contribution is -1.04. The van der Waals surface area contributed by atoms with Crippen LogP contribution >= 0.6 is 11.3 Å². The van der Waals surface area contributed by atoms with Crippen molar-refractivity contribution in [1.29, 1.82) is 0 Å². The molecule has 0 aromatic carbocycles. The van der Waals surface area contributed by atoms with E-state index in [0.29, 0.717) is 12.0 Å². The Kier molecular flexibility index (Phi) is 6.20. The lowest BCUT2D eigenvalue weighted by Gasteiger charge is -2.36. The Morgan fingerprint density at radius 3 is 2.63 bits per heavy atom. The van der Waals surface area contributed by atoms with E-state index < -0.39 is 0 Å². The fraction of sp³-hybridized carbons (Fsp3) is 0.750. The smallest absolute Gasteiger partial charge is 0.209 e. The maximum absolute atomic E-state index is 4.50. The Bertz CT molecular complexity index is 683. The molecule has 6 nitrogen and oxygen atoms in total. The largest absolute Gasteiger partial charge is 0.323 e. The second-order valence-corrected chi connectivity index (χ2v) is 9.79. The van der Waals surface area contributed by atoms with Crippen molar-refractivity contribution < 1.29 is 9.80 Å². The van der Waals surface area contributed by atoms with Crippen LogP contribution in [-0.4, -0.2) is 52.4 Å². The molecule has 3 heterocycles. The molecule has 1 aliphatic heterocycles. The summed E-state index contributed by atoms with van der Waals surface area (Å²) in [6.45, 7) is 10.5. The number of nitrogens with one attached hydrogen (secondary N) is 2. The number of piperazine rings is 1. The molecule has 148 valence electrons. The zero-order valence-corrected chi connectivity index (χ0v) is 17.5. The van der Waals surface area contributed by atoms with Crippen LogP contribution in [0.1, 0.15) is 62.7 Å². The monoisotopic (exact) mass is 390 g/mol. The van der Waals surface area contributed by atoms with E-state index in [9.17, 15) is 0 Å². The van der Waals surface area contributed by atoms with E-state index in [0.717, 1.165) is 24.8 Å². The highest BCUT2D eigenvalue weighted by molar-refractivity contribution is 7.09. The first-order valence-electron chi connectivity index (χ1n) is 10.7. The molecule has 0 unspecified atom stereocenters. The molecule has 0 bridgehead atoms. The molecule has 2 N–H and O–H groups in total. The topological polar surface area (TPSA) is 52.5 Å². The molecule has 0 amide bonds. The Morgan fingerprint density at radius 1 is 1.19 bits per heavy atom. The van der Waals surface area contributed by atoms with Gasteiger partial charge in [-0.2, -0.15) is 0 Å². The van der Waals surface area contributed by atoms with Gasteiger partial charge >= 0.3 is 0 Å². The summed E-state index contributed by atoms with van der Waals surface area (Å²) in [5.41, 5.74) is 0. The quantitative estimate of drug-likeness (QED) is 0.728. The van der Waals surface area contributed by atoms with Crippen LogP contribution in [0.25, 0.3) is 0 Å². The Labute approximate surface area is 166 Å². The van der Waals surface area contributed by atoms with E-state index in [1.165, 1.54) is 56.7 Å². The number of hydrogen-bond donors (Lipinski definition) is 2. The Morgan fingerprint density at radius 2 is 1.96 bits per heavy atom. The third-order valence-corrected chi connectivity index (χ3v) is 7.29. The molecular weight excluding hydrogens is 356 g/mol. The number of thiophene rings is 1. The second kappa shape index (κ2) is 8.80. The van der Waals surface area contributed by atoms with Crippen LogP contribution < -0.4 is 9.80 Å². The van der Waals surface area contributed by atoms with Crippen molar-refractivity contribution >= 4 is 11.3 Å². The molecule has 1 atom stereocenters. The van der Waals surface area contributed by atoms with Crippen molar-refractivity contribution in [3.63, 3.8) is 0 Å². The molecule has 2 aromatic heterocycles. The third kappa shape index (κ3) is 4.58. The highest BCUT2D eigenvalue weighted by atomic mass is 32.1. The third-order valence-electron chi connectivity index (χ3n) is 6.42. The van der Waals surface area contributed by atoms with Crippen LogP contribution in [0.5, 0.6) is 0 Å². The second-order valence-electron chi connectivity index (χ2n) is 8.75. The molecule has 7 heteroatoms. The fourth-order valence-electron chi connectivity index (χ4n) is 5.03. The SMILES string of the molecule is CC(C)C[C@@H](c1nnnn1Cc1cccs1)[NH+]1CC[NH+](C2CCCC2)CC1. The van der Waals surface area contributed by atoms with Gasteiger partial charge in [0.2, 0.25) is 5.82 Å². The molecule has 27 heavy (non-hydrogen) atoms. The van der Waals surface area contributed by atoms with E-state index in [1.807, 2.05) is 9.58 Å². The first-order valence-corrected chi connectivity index (χ1v) is 11.6.